The molecule has 122 valence electrons. The lowest BCUT2D eigenvalue weighted by Crippen LogP contribution is -2.50. The van der Waals surface area contributed by atoms with Gasteiger partial charge in [-0.25, -0.2) is 4.72 Å². The van der Waals surface area contributed by atoms with Crippen LogP contribution in [0.15, 0.2) is 0 Å². The fourth-order valence-electron chi connectivity index (χ4n) is 2.89. The van der Waals surface area contributed by atoms with E-state index in [1.54, 1.807) is 6.92 Å². The van der Waals surface area contributed by atoms with Gasteiger partial charge in [0.25, 0.3) is 10.2 Å². The number of ether oxygens (including phenoxy) is 1. The van der Waals surface area contributed by atoms with Crippen LogP contribution in [-0.2, 0) is 19.7 Å². The first kappa shape index (κ1) is 16.7. The summed E-state index contributed by atoms with van der Waals surface area (Å²) in [7, 11) is -3.63. The second-order valence-electron chi connectivity index (χ2n) is 5.52. The minimum absolute atomic E-state index is 0.178. The van der Waals surface area contributed by atoms with Crippen molar-refractivity contribution in [2.45, 2.75) is 51.1 Å². The molecule has 2 heterocycles. The number of nitrogens with zero attached hydrogens (tertiary/aromatic N) is 1. The van der Waals surface area contributed by atoms with E-state index in [-0.39, 0.29) is 12.6 Å². The summed E-state index contributed by atoms with van der Waals surface area (Å²) < 4.78 is 33.6. The van der Waals surface area contributed by atoms with Crippen LogP contribution in [0.2, 0.25) is 0 Å². The molecule has 2 aliphatic heterocycles. The highest BCUT2D eigenvalue weighted by atomic mass is 32.2. The van der Waals surface area contributed by atoms with Crippen LogP contribution in [0.1, 0.15) is 39.0 Å². The lowest BCUT2D eigenvalue weighted by Gasteiger charge is -2.26. The standard InChI is InChI=1S/C13H25N3O4S/c1-2-20-13(17)12-7-5-9-16(12)21(18,19)15-10-11-6-3-4-8-14-11/h11-12,14-15H,2-10H2,1H3. The highest BCUT2D eigenvalue weighted by Crippen LogP contribution is 2.21. The van der Waals surface area contributed by atoms with Crippen LogP contribution < -0.4 is 10.0 Å². The van der Waals surface area contributed by atoms with E-state index in [1.807, 2.05) is 0 Å². The van der Waals surface area contributed by atoms with Gasteiger partial charge in [-0.3, -0.25) is 4.79 Å². The molecule has 8 heteroatoms. The van der Waals surface area contributed by atoms with Gasteiger partial charge < -0.3 is 10.1 Å². The first-order valence-corrected chi connectivity index (χ1v) is 9.15. The van der Waals surface area contributed by atoms with Gasteiger partial charge in [-0.15, -0.1) is 0 Å². The van der Waals surface area contributed by atoms with Crippen molar-refractivity contribution < 1.29 is 17.9 Å². The quantitative estimate of drug-likeness (QED) is 0.672. The van der Waals surface area contributed by atoms with Gasteiger partial charge in [0.1, 0.15) is 6.04 Å². The van der Waals surface area contributed by atoms with E-state index in [1.165, 1.54) is 4.31 Å². The topological polar surface area (TPSA) is 87.7 Å². The number of hydrogen-bond donors (Lipinski definition) is 2. The minimum atomic E-state index is -3.63. The van der Waals surface area contributed by atoms with Crippen LogP contribution in [0.4, 0.5) is 0 Å². The zero-order valence-electron chi connectivity index (χ0n) is 12.5. The predicted molar refractivity (Wildman–Crippen MR) is 78.9 cm³/mol. The zero-order valence-corrected chi connectivity index (χ0v) is 13.3. The second kappa shape index (κ2) is 7.53. The van der Waals surface area contributed by atoms with Gasteiger partial charge in [-0.05, 0) is 39.2 Å². The van der Waals surface area contributed by atoms with E-state index in [4.69, 9.17) is 4.74 Å². The van der Waals surface area contributed by atoms with Gasteiger partial charge in [-0.1, -0.05) is 6.42 Å². The molecule has 0 aromatic heterocycles. The summed E-state index contributed by atoms with van der Waals surface area (Å²) in [6.07, 6.45) is 4.45. The molecule has 2 unspecified atom stereocenters. The molecular formula is C13H25N3O4S. The van der Waals surface area contributed by atoms with Crippen molar-refractivity contribution >= 4 is 16.2 Å². The third-order valence-electron chi connectivity index (χ3n) is 4.00. The van der Waals surface area contributed by atoms with E-state index in [0.29, 0.717) is 25.9 Å². The Hall–Kier alpha value is -0.700. The minimum Gasteiger partial charge on any atom is -0.465 e. The maximum absolute atomic E-state index is 12.4. The molecule has 0 aliphatic carbocycles. The smallest absolute Gasteiger partial charge is 0.324 e. The summed E-state index contributed by atoms with van der Waals surface area (Å²) in [6.45, 7) is 3.66. The van der Waals surface area contributed by atoms with Gasteiger partial charge >= 0.3 is 5.97 Å². The van der Waals surface area contributed by atoms with Gasteiger partial charge in [0.05, 0.1) is 6.61 Å². The van der Waals surface area contributed by atoms with Crippen molar-refractivity contribution in [3.63, 3.8) is 0 Å². The third kappa shape index (κ3) is 4.38. The van der Waals surface area contributed by atoms with E-state index in [0.717, 1.165) is 25.8 Å². The molecule has 21 heavy (non-hydrogen) atoms. The molecule has 0 amide bonds. The van der Waals surface area contributed by atoms with Crippen molar-refractivity contribution in [1.29, 1.82) is 0 Å². The average Bonchev–Trinajstić information content (AvgIpc) is 2.97. The Morgan fingerprint density at radius 1 is 1.33 bits per heavy atom. The van der Waals surface area contributed by atoms with E-state index >= 15 is 0 Å². The number of rotatable bonds is 6. The Balaban J connectivity index is 1.92. The SMILES string of the molecule is CCOC(=O)C1CCCN1S(=O)(=O)NCC1CCCCN1. The van der Waals surface area contributed by atoms with Crippen LogP contribution in [0.25, 0.3) is 0 Å². The fourth-order valence-corrected chi connectivity index (χ4v) is 4.36. The summed E-state index contributed by atoms with van der Waals surface area (Å²) >= 11 is 0. The Labute approximate surface area is 126 Å². The van der Waals surface area contributed by atoms with Crippen molar-refractivity contribution in [3.05, 3.63) is 0 Å². The lowest BCUT2D eigenvalue weighted by atomic mass is 10.1. The average molecular weight is 319 g/mol. The van der Waals surface area contributed by atoms with Crippen LogP contribution in [0.5, 0.6) is 0 Å². The van der Waals surface area contributed by atoms with Crippen molar-refractivity contribution in [2.24, 2.45) is 0 Å². The number of carbonyl (C=O) groups excluding carboxylic acids is 1. The number of nitrogens with one attached hydrogen (secondary N) is 2. The molecule has 2 aliphatic rings. The molecular weight excluding hydrogens is 294 g/mol. The number of esters is 1. The first-order valence-electron chi connectivity index (χ1n) is 7.71. The largest absolute Gasteiger partial charge is 0.465 e. The van der Waals surface area contributed by atoms with Gasteiger partial charge in [0, 0.05) is 19.1 Å². The summed E-state index contributed by atoms with van der Waals surface area (Å²) in [5.41, 5.74) is 0. The first-order chi connectivity index (χ1) is 10.0. The number of carbonyl (C=O) groups is 1. The van der Waals surface area contributed by atoms with Gasteiger partial charge in [-0.2, -0.15) is 12.7 Å². The lowest BCUT2D eigenvalue weighted by molar-refractivity contribution is -0.146. The molecule has 0 aromatic rings. The van der Waals surface area contributed by atoms with Crippen molar-refractivity contribution in [3.8, 4) is 0 Å². The van der Waals surface area contributed by atoms with E-state index in [2.05, 4.69) is 10.0 Å². The molecule has 2 rings (SSSR count). The van der Waals surface area contributed by atoms with Crippen LogP contribution in [-0.4, -0.2) is 57.0 Å². The third-order valence-corrected chi connectivity index (χ3v) is 5.58. The van der Waals surface area contributed by atoms with Crippen LogP contribution in [0, 0.1) is 0 Å². The molecule has 0 radical (unpaired) electrons. The summed E-state index contributed by atoms with van der Waals surface area (Å²) in [4.78, 5) is 11.8. The maximum Gasteiger partial charge on any atom is 0.324 e. The van der Waals surface area contributed by atoms with Gasteiger partial charge in [0.2, 0.25) is 0 Å². The molecule has 0 saturated carbocycles. The Morgan fingerprint density at radius 3 is 2.81 bits per heavy atom. The molecule has 2 atom stereocenters. The Kier molecular flexibility index (Phi) is 5.98. The van der Waals surface area contributed by atoms with Gasteiger partial charge in [0.15, 0.2) is 0 Å². The Bertz CT molecular complexity index is 448. The maximum atomic E-state index is 12.4. The highest BCUT2D eigenvalue weighted by Gasteiger charge is 2.39. The monoisotopic (exact) mass is 319 g/mol. The van der Waals surface area contributed by atoms with Crippen LogP contribution in [0.3, 0.4) is 0 Å². The fraction of sp³-hybridized carbons (Fsp3) is 0.923. The number of piperidine rings is 1. The van der Waals surface area contributed by atoms with Crippen molar-refractivity contribution in [2.75, 3.05) is 26.2 Å². The summed E-state index contributed by atoms with van der Waals surface area (Å²) in [5.74, 6) is -0.448. The number of hydrogen-bond acceptors (Lipinski definition) is 5. The molecule has 0 spiro atoms. The predicted octanol–water partition coefficient (Wildman–Crippen LogP) is -0.00960. The summed E-state index contributed by atoms with van der Waals surface area (Å²) in [5, 5.41) is 3.30. The molecule has 7 nitrogen and oxygen atoms in total. The zero-order chi connectivity index (χ0) is 15.3. The molecule has 2 N–H and O–H groups in total. The molecule has 0 bridgehead atoms. The second-order valence-corrected chi connectivity index (χ2v) is 7.23. The van der Waals surface area contributed by atoms with E-state index < -0.39 is 22.2 Å². The molecule has 0 aromatic carbocycles. The Morgan fingerprint density at radius 2 is 2.14 bits per heavy atom. The molecule has 2 fully saturated rings. The van der Waals surface area contributed by atoms with Crippen molar-refractivity contribution in [1.82, 2.24) is 14.3 Å². The molecule has 2 saturated heterocycles. The summed E-state index contributed by atoms with van der Waals surface area (Å²) in [6, 6.07) is -0.501. The van der Waals surface area contributed by atoms with Crippen LogP contribution >= 0.6 is 0 Å². The normalized spacial score (nSPS) is 27.7. The van der Waals surface area contributed by atoms with E-state index in [9.17, 15) is 13.2 Å². The highest BCUT2D eigenvalue weighted by molar-refractivity contribution is 7.87.